The molecule has 0 unspecified atom stereocenters. The van der Waals surface area contributed by atoms with Crippen molar-refractivity contribution in [3.05, 3.63) is 0 Å². The lowest BCUT2D eigenvalue weighted by Crippen LogP contribution is -2.47. The van der Waals surface area contributed by atoms with E-state index in [4.69, 9.17) is 15.6 Å². The monoisotopic (exact) mass is 231 g/mol. The number of hydrogen-bond donors (Lipinski definition) is 6. The molecule has 0 aliphatic rings. The van der Waals surface area contributed by atoms with Gasteiger partial charge in [-0.1, -0.05) is 6.92 Å². The largest absolute Gasteiger partial charge is 0.317 e. The number of hydrogen-bond acceptors (Lipinski definition) is 6. The smallest absolute Gasteiger partial charge is 0.0299 e. The summed E-state index contributed by atoms with van der Waals surface area (Å²) in [5.74, 6) is 5.97. The molecule has 0 aromatic carbocycles. The van der Waals surface area contributed by atoms with Crippen molar-refractivity contribution >= 4 is 0 Å². The molecule has 0 saturated heterocycles. The predicted octanol–water partition coefficient (Wildman–Crippen LogP) is 0.103. The first-order valence-electron chi connectivity index (χ1n) is 5.31. The highest BCUT2D eigenvalue weighted by molar-refractivity contribution is 5.04. The fourth-order valence-electron chi connectivity index (χ4n) is 1.34. The Morgan fingerprint density at radius 3 is 1.81 bits per heavy atom. The predicted molar refractivity (Wildman–Crippen MR) is 59.1 cm³/mol. The number of unbranched alkanes of at least 4 members (excludes halogenated alkanes) is 1. The molecule has 0 fully saturated rings. The molecule has 0 aliphatic heterocycles. The summed E-state index contributed by atoms with van der Waals surface area (Å²) in [6.45, 7) is 2.69. The van der Waals surface area contributed by atoms with Crippen molar-refractivity contribution in [1.29, 1.82) is 0 Å². The van der Waals surface area contributed by atoms with Gasteiger partial charge in [-0.2, -0.15) is 0 Å². The second-order valence-electron chi connectivity index (χ2n) is 3.79. The lowest BCUT2D eigenvalue weighted by atomic mass is 9.84. The van der Waals surface area contributed by atoms with Crippen LogP contribution in [0.1, 0.15) is 26.2 Å². The molecule has 94 valence electrons. The highest BCUT2D eigenvalue weighted by atomic mass is 16.5. The van der Waals surface area contributed by atoms with E-state index in [1.165, 1.54) is 0 Å². The van der Waals surface area contributed by atoms with Crippen LogP contribution in [0, 0.1) is 17.3 Å². The van der Waals surface area contributed by atoms with Gasteiger partial charge < -0.3 is 15.6 Å². The third-order valence-electron chi connectivity index (χ3n) is 2.33. The van der Waals surface area contributed by atoms with Crippen LogP contribution in [0.5, 0.6) is 0 Å². The molecular formula is C10H21N3O3. The average Bonchev–Trinajstić information content (AvgIpc) is 2.26. The lowest BCUT2D eigenvalue weighted by molar-refractivity contribution is 0.0409. The minimum absolute atomic E-state index is 0.217. The average molecular weight is 231 g/mol. The molecule has 6 nitrogen and oxygen atoms in total. The van der Waals surface area contributed by atoms with Crippen molar-refractivity contribution in [2.24, 2.45) is 5.41 Å². The van der Waals surface area contributed by atoms with Gasteiger partial charge in [0, 0.05) is 37.9 Å². The standard InChI is InChI=1S/C10H21N3O3/c1-2-3-4-5-6-10(7-11-14,8-12-15)9-13-16/h11-16H,2-3,6-9H2,1H3. The highest BCUT2D eigenvalue weighted by Gasteiger charge is 2.28. The fraction of sp³-hybridized carbons (Fsp3) is 0.800. The van der Waals surface area contributed by atoms with Crippen LogP contribution in [-0.4, -0.2) is 35.3 Å². The van der Waals surface area contributed by atoms with E-state index in [9.17, 15) is 0 Å². The first kappa shape index (κ1) is 15.3. The second-order valence-corrected chi connectivity index (χ2v) is 3.79. The summed E-state index contributed by atoms with van der Waals surface area (Å²) in [5, 5.41) is 26.2. The summed E-state index contributed by atoms with van der Waals surface area (Å²) >= 11 is 0. The molecule has 0 saturated carbocycles. The van der Waals surface area contributed by atoms with Crippen molar-refractivity contribution < 1.29 is 15.6 Å². The Bertz CT molecular complexity index is 208. The first-order valence-corrected chi connectivity index (χ1v) is 5.31. The zero-order valence-electron chi connectivity index (χ0n) is 9.58. The first-order chi connectivity index (χ1) is 7.74. The minimum atomic E-state index is -0.557. The zero-order valence-corrected chi connectivity index (χ0v) is 9.58. The highest BCUT2D eigenvalue weighted by Crippen LogP contribution is 2.18. The summed E-state index contributed by atoms with van der Waals surface area (Å²) in [5.41, 5.74) is 5.59. The van der Waals surface area contributed by atoms with Crippen molar-refractivity contribution in [3.63, 3.8) is 0 Å². The molecule has 0 aromatic rings. The third kappa shape index (κ3) is 6.02. The molecule has 0 rings (SSSR count). The molecule has 6 N–H and O–H groups in total. The van der Waals surface area contributed by atoms with Crippen LogP contribution in [-0.2, 0) is 0 Å². The van der Waals surface area contributed by atoms with Crippen LogP contribution >= 0.6 is 0 Å². The number of rotatable bonds is 8. The fourth-order valence-corrected chi connectivity index (χ4v) is 1.34. The van der Waals surface area contributed by atoms with E-state index in [0.29, 0.717) is 6.42 Å². The quantitative estimate of drug-likeness (QED) is 0.262. The normalized spacial score (nSPS) is 11.0. The maximum absolute atomic E-state index is 8.74. The summed E-state index contributed by atoms with van der Waals surface area (Å²) < 4.78 is 0. The Labute approximate surface area is 95.9 Å². The van der Waals surface area contributed by atoms with Gasteiger partial charge in [-0.15, -0.1) is 11.8 Å². The van der Waals surface area contributed by atoms with Crippen LogP contribution in [0.2, 0.25) is 0 Å². The molecule has 0 atom stereocenters. The van der Waals surface area contributed by atoms with Gasteiger partial charge in [0.1, 0.15) is 0 Å². The van der Waals surface area contributed by atoms with Crippen LogP contribution in [0.3, 0.4) is 0 Å². The molecule has 0 spiro atoms. The van der Waals surface area contributed by atoms with Gasteiger partial charge >= 0.3 is 0 Å². The molecule has 0 radical (unpaired) electrons. The Hall–Kier alpha value is -0.680. The Kier molecular flexibility index (Phi) is 9.13. The molecule has 0 aromatic heterocycles. The van der Waals surface area contributed by atoms with Crippen molar-refractivity contribution in [1.82, 2.24) is 16.4 Å². The van der Waals surface area contributed by atoms with Gasteiger partial charge in [-0.05, 0) is 6.42 Å². The van der Waals surface area contributed by atoms with Crippen LogP contribution in [0.15, 0.2) is 0 Å². The Morgan fingerprint density at radius 1 is 0.938 bits per heavy atom. The van der Waals surface area contributed by atoms with Crippen LogP contribution in [0.25, 0.3) is 0 Å². The van der Waals surface area contributed by atoms with Gasteiger partial charge in [0.15, 0.2) is 0 Å². The van der Waals surface area contributed by atoms with E-state index in [1.807, 2.05) is 23.4 Å². The van der Waals surface area contributed by atoms with Gasteiger partial charge in [-0.25, -0.2) is 16.4 Å². The minimum Gasteiger partial charge on any atom is -0.317 e. The molecule has 0 aliphatic carbocycles. The maximum Gasteiger partial charge on any atom is 0.0299 e. The van der Waals surface area contributed by atoms with Crippen molar-refractivity contribution in [2.75, 3.05) is 19.6 Å². The summed E-state index contributed by atoms with van der Waals surface area (Å²) in [4.78, 5) is 0. The van der Waals surface area contributed by atoms with Crippen molar-refractivity contribution in [3.8, 4) is 11.8 Å². The number of hydroxylamine groups is 3. The van der Waals surface area contributed by atoms with E-state index in [1.54, 1.807) is 0 Å². The van der Waals surface area contributed by atoms with Crippen LogP contribution in [0.4, 0.5) is 0 Å². The molecule has 16 heavy (non-hydrogen) atoms. The lowest BCUT2D eigenvalue weighted by Gasteiger charge is -2.29. The molecule has 0 bridgehead atoms. The summed E-state index contributed by atoms with van der Waals surface area (Å²) in [6, 6.07) is 0. The maximum atomic E-state index is 8.74. The topological polar surface area (TPSA) is 96.8 Å². The molecule has 0 heterocycles. The number of nitrogens with one attached hydrogen (secondary N) is 3. The van der Waals surface area contributed by atoms with E-state index in [2.05, 4.69) is 11.8 Å². The Morgan fingerprint density at radius 2 is 1.44 bits per heavy atom. The zero-order chi connectivity index (χ0) is 12.3. The van der Waals surface area contributed by atoms with Gasteiger partial charge in [0.05, 0.1) is 0 Å². The van der Waals surface area contributed by atoms with E-state index >= 15 is 0 Å². The SMILES string of the molecule is CCCC#CCC(CNO)(CNO)CNO. The Balaban J connectivity index is 4.41. The van der Waals surface area contributed by atoms with Gasteiger partial charge in [0.25, 0.3) is 0 Å². The third-order valence-corrected chi connectivity index (χ3v) is 2.33. The molecule has 0 amide bonds. The van der Waals surface area contributed by atoms with Gasteiger partial charge in [0.2, 0.25) is 0 Å². The summed E-state index contributed by atoms with van der Waals surface area (Å²) in [7, 11) is 0. The second kappa shape index (κ2) is 9.54. The molecular weight excluding hydrogens is 210 g/mol. The van der Waals surface area contributed by atoms with E-state index in [0.717, 1.165) is 12.8 Å². The van der Waals surface area contributed by atoms with Crippen LogP contribution < -0.4 is 16.4 Å². The van der Waals surface area contributed by atoms with E-state index < -0.39 is 5.41 Å². The van der Waals surface area contributed by atoms with E-state index in [-0.39, 0.29) is 19.6 Å². The molecule has 6 heteroatoms. The summed E-state index contributed by atoms with van der Waals surface area (Å²) in [6.07, 6.45) is 2.28. The van der Waals surface area contributed by atoms with Gasteiger partial charge in [-0.3, -0.25) is 0 Å². The van der Waals surface area contributed by atoms with Crippen molar-refractivity contribution in [2.45, 2.75) is 26.2 Å².